The molecule has 2 N–H and O–H groups in total. The molecule has 2 amide bonds. The van der Waals surface area contributed by atoms with Crippen molar-refractivity contribution in [3.8, 4) is 0 Å². The van der Waals surface area contributed by atoms with Crippen LogP contribution in [-0.2, 0) is 6.18 Å². The largest absolute Gasteiger partial charge is 0.418 e. The number of pyridine rings is 1. The molecule has 31 heavy (non-hydrogen) atoms. The molecule has 0 spiro atoms. The molecule has 0 aliphatic heterocycles. The zero-order valence-electron chi connectivity index (χ0n) is 15.2. The number of hydrogen-bond acceptors (Lipinski definition) is 3. The SMILES string of the molecule is O=C(Nc1ccc(NC(=O)c2cnc(Cl)c(Cl)c2)c(C(F)(F)F)c1)c1ccc(F)cc1. The standard InChI is InChI=1S/C20H11Cl2F4N3O2/c21-15-7-11(9-27-17(15)22)19(31)29-16-6-5-13(8-14(16)20(24,25)26)28-18(30)10-1-3-12(23)4-2-10/h1-9H,(H,28,30)(H,29,31). The summed E-state index contributed by atoms with van der Waals surface area (Å²) in [5.74, 6) is -2.18. The smallest absolute Gasteiger partial charge is 0.322 e. The number of carbonyl (C=O) groups is 2. The van der Waals surface area contributed by atoms with Gasteiger partial charge in [-0.2, -0.15) is 13.2 Å². The predicted octanol–water partition coefficient (Wildman–Crippen LogP) is 6.05. The van der Waals surface area contributed by atoms with Crippen molar-refractivity contribution in [3.63, 3.8) is 0 Å². The molecule has 11 heteroatoms. The van der Waals surface area contributed by atoms with Crippen LogP contribution in [-0.4, -0.2) is 16.8 Å². The molecule has 0 radical (unpaired) electrons. The summed E-state index contributed by atoms with van der Waals surface area (Å²) in [6, 6.07) is 8.48. The van der Waals surface area contributed by atoms with Crippen molar-refractivity contribution < 1.29 is 27.2 Å². The van der Waals surface area contributed by atoms with E-state index in [1.165, 1.54) is 18.2 Å². The highest BCUT2D eigenvalue weighted by molar-refractivity contribution is 6.41. The topological polar surface area (TPSA) is 71.1 Å². The van der Waals surface area contributed by atoms with Crippen LogP contribution in [0.25, 0.3) is 0 Å². The molecular formula is C20H11Cl2F4N3O2. The summed E-state index contributed by atoms with van der Waals surface area (Å²) in [6.07, 6.45) is -3.77. The molecule has 3 rings (SSSR count). The van der Waals surface area contributed by atoms with Gasteiger partial charge in [0.1, 0.15) is 11.0 Å². The van der Waals surface area contributed by atoms with Crippen LogP contribution in [0, 0.1) is 5.82 Å². The Balaban J connectivity index is 1.86. The van der Waals surface area contributed by atoms with Crippen LogP contribution in [0.3, 0.4) is 0 Å². The van der Waals surface area contributed by atoms with Crippen LogP contribution in [0.2, 0.25) is 10.2 Å². The molecule has 0 saturated carbocycles. The summed E-state index contributed by atoms with van der Waals surface area (Å²) in [6.45, 7) is 0. The third-order valence-electron chi connectivity index (χ3n) is 4.00. The Bertz CT molecular complexity index is 1150. The highest BCUT2D eigenvalue weighted by Crippen LogP contribution is 2.37. The van der Waals surface area contributed by atoms with Crippen LogP contribution < -0.4 is 10.6 Å². The van der Waals surface area contributed by atoms with Crippen molar-refractivity contribution in [1.29, 1.82) is 0 Å². The van der Waals surface area contributed by atoms with Crippen LogP contribution in [0.1, 0.15) is 26.3 Å². The van der Waals surface area contributed by atoms with Gasteiger partial charge >= 0.3 is 6.18 Å². The third kappa shape index (κ3) is 5.50. The Kier molecular flexibility index (Phi) is 6.47. The van der Waals surface area contributed by atoms with E-state index < -0.39 is 35.1 Å². The molecule has 1 aromatic heterocycles. The van der Waals surface area contributed by atoms with Crippen molar-refractivity contribution in [2.24, 2.45) is 0 Å². The number of amides is 2. The van der Waals surface area contributed by atoms with E-state index in [0.717, 1.165) is 30.5 Å². The fraction of sp³-hybridized carbons (Fsp3) is 0.0500. The van der Waals surface area contributed by atoms with Crippen molar-refractivity contribution >= 4 is 46.4 Å². The molecular weight excluding hydrogens is 461 g/mol. The molecule has 1 heterocycles. The van der Waals surface area contributed by atoms with E-state index in [4.69, 9.17) is 23.2 Å². The molecule has 2 aromatic carbocycles. The van der Waals surface area contributed by atoms with E-state index in [2.05, 4.69) is 15.6 Å². The van der Waals surface area contributed by atoms with E-state index in [0.29, 0.717) is 6.07 Å². The fourth-order valence-corrected chi connectivity index (χ4v) is 2.78. The fourth-order valence-electron chi connectivity index (χ4n) is 2.51. The lowest BCUT2D eigenvalue weighted by molar-refractivity contribution is -0.136. The molecule has 0 aliphatic carbocycles. The molecule has 160 valence electrons. The number of anilines is 2. The van der Waals surface area contributed by atoms with Gasteiger partial charge in [-0.25, -0.2) is 9.37 Å². The molecule has 0 aliphatic rings. The Morgan fingerprint density at radius 3 is 2.13 bits per heavy atom. The highest BCUT2D eigenvalue weighted by Gasteiger charge is 2.34. The second-order valence-electron chi connectivity index (χ2n) is 6.17. The van der Waals surface area contributed by atoms with Gasteiger partial charge in [0.2, 0.25) is 0 Å². The number of aromatic nitrogens is 1. The second kappa shape index (κ2) is 8.91. The quantitative estimate of drug-likeness (QED) is 0.359. The van der Waals surface area contributed by atoms with Crippen LogP contribution in [0.5, 0.6) is 0 Å². The number of rotatable bonds is 4. The van der Waals surface area contributed by atoms with Gasteiger partial charge in [0.05, 0.1) is 21.8 Å². The van der Waals surface area contributed by atoms with Gasteiger partial charge < -0.3 is 10.6 Å². The Morgan fingerprint density at radius 2 is 1.52 bits per heavy atom. The van der Waals surface area contributed by atoms with Crippen molar-refractivity contribution in [1.82, 2.24) is 4.98 Å². The maximum atomic E-state index is 13.5. The molecule has 0 saturated heterocycles. The van der Waals surface area contributed by atoms with Crippen molar-refractivity contribution in [2.45, 2.75) is 6.18 Å². The summed E-state index contributed by atoms with van der Waals surface area (Å²) < 4.78 is 53.6. The van der Waals surface area contributed by atoms with Gasteiger partial charge in [0.25, 0.3) is 11.8 Å². The van der Waals surface area contributed by atoms with E-state index in [9.17, 15) is 27.2 Å². The normalized spacial score (nSPS) is 11.2. The molecule has 0 fully saturated rings. The first-order valence-electron chi connectivity index (χ1n) is 8.45. The van der Waals surface area contributed by atoms with E-state index in [1.54, 1.807) is 0 Å². The first-order valence-corrected chi connectivity index (χ1v) is 9.21. The Labute approximate surface area is 183 Å². The molecule has 0 unspecified atom stereocenters. The second-order valence-corrected chi connectivity index (χ2v) is 6.94. The van der Waals surface area contributed by atoms with Crippen LogP contribution >= 0.6 is 23.2 Å². The maximum absolute atomic E-state index is 13.5. The summed E-state index contributed by atoms with van der Waals surface area (Å²) in [7, 11) is 0. The van der Waals surface area contributed by atoms with Crippen LogP contribution in [0.4, 0.5) is 28.9 Å². The summed E-state index contributed by atoms with van der Waals surface area (Å²) >= 11 is 11.4. The van der Waals surface area contributed by atoms with Gasteiger partial charge in [-0.15, -0.1) is 0 Å². The molecule has 0 atom stereocenters. The number of benzene rings is 2. The van der Waals surface area contributed by atoms with E-state index >= 15 is 0 Å². The van der Waals surface area contributed by atoms with E-state index in [-0.39, 0.29) is 27.0 Å². The number of halogens is 6. The number of alkyl halides is 3. The zero-order chi connectivity index (χ0) is 22.8. The minimum Gasteiger partial charge on any atom is -0.322 e. The van der Waals surface area contributed by atoms with Crippen LogP contribution in [0.15, 0.2) is 54.7 Å². The molecule has 0 bridgehead atoms. The maximum Gasteiger partial charge on any atom is 0.418 e. The Morgan fingerprint density at radius 1 is 0.871 bits per heavy atom. The molecule has 3 aromatic rings. The lowest BCUT2D eigenvalue weighted by atomic mass is 10.1. The van der Waals surface area contributed by atoms with Crippen molar-refractivity contribution in [2.75, 3.05) is 10.6 Å². The van der Waals surface area contributed by atoms with Gasteiger partial charge in [0.15, 0.2) is 0 Å². The Hall–Kier alpha value is -3.17. The summed E-state index contributed by atoms with van der Waals surface area (Å²) in [5.41, 5.74) is -1.94. The number of nitrogens with zero attached hydrogens (tertiary/aromatic N) is 1. The summed E-state index contributed by atoms with van der Waals surface area (Å²) in [4.78, 5) is 28.2. The van der Waals surface area contributed by atoms with Gasteiger partial charge in [-0.05, 0) is 48.5 Å². The first kappa shape index (κ1) is 22.5. The highest BCUT2D eigenvalue weighted by atomic mass is 35.5. The van der Waals surface area contributed by atoms with Gasteiger partial charge in [0, 0.05) is 17.4 Å². The van der Waals surface area contributed by atoms with Gasteiger partial charge in [-0.1, -0.05) is 23.2 Å². The third-order valence-corrected chi connectivity index (χ3v) is 4.68. The summed E-state index contributed by atoms with van der Waals surface area (Å²) in [5, 5.41) is 4.35. The predicted molar refractivity (Wildman–Crippen MR) is 108 cm³/mol. The zero-order valence-corrected chi connectivity index (χ0v) is 16.7. The first-order chi connectivity index (χ1) is 14.5. The monoisotopic (exact) mass is 471 g/mol. The minimum atomic E-state index is -4.84. The minimum absolute atomic E-state index is 0.0378. The lowest BCUT2D eigenvalue weighted by Gasteiger charge is -2.16. The average Bonchev–Trinajstić information content (AvgIpc) is 2.70. The van der Waals surface area contributed by atoms with Crippen molar-refractivity contribution in [3.05, 3.63) is 87.4 Å². The van der Waals surface area contributed by atoms with Gasteiger partial charge in [-0.3, -0.25) is 9.59 Å². The number of hydrogen-bond donors (Lipinski definition) is 2. The van der Waals surface area contributed by atoms with E-state index in [1.807, 2.05) is 0 Å². The number of nitrogens with one attached hydrogen (secondary N) is 2. The molecule has 5 nitrogen and oxygen atoms in total. The average molecular weight is 472 g/mol. The lowest BCUT2D eigenvalue weighted by Crippen LogP contribution is -2.18. The number of carbonyl (C=O) groups excluding carboxylic acids is 2.